The summed E-state index contributed by atoms with van der Waals surface area (Å²) in [5.74, 6) is 0.257. The lowest BCUT2D eigenvalue weighted by molar-refractivity contribution is 0.179. The minimum Gasteiger partial charge on any atom is -0.349 e. The minimum atomic E-state index is 0.0340. The summed E-state index contributed by atoms with van der Waals surface area (Å²) in [5, 5.41) is 5.07. The molecule has 4 rings (SSSR count). The number of rotatable bonds is 3. The molecule has 4 heterocycles. The van der Waals surface area contributed by atoms with E-state index in [1.807, 2.05) is 11.0 Å². The van der Waals surface area contributed by atoms with Crippen molar-refractivity contribution in [1.82, 2.24) is 30.2 Å². The second kappa shape index (κ2) is 6.66. The number of aromatic nitrogens is 4. The Kier molecular flexibility index (Phi) is 4.21. The van der Waals surface area contributed by atoms with Crippen LogP contribution in [0.3, 0.4) is 0 Å². The first-order valence-electron chi connectivity index (χ1n) is 8.87. The second-order valence-electron chi connectivity index (χ2n) is 6.53. The number of urea groups is 1. The molecule has 130 valence electrons. The Labute approximate surface area is 145 Å². The first-order valence-corrected chi connectivity index (χ1v) is 8.87. The van der Waals surface area contributed by atoms with Crippen molar-refractivity contribution < 1.29 is 4.79 Å². The molecule has 3 aromatic heterocycles. The smallest absolute Gasteiger partial charge is 0.317 e. The van der Waals surface area contributed by atoms with Crippen LogP contribution in [0.5, 0.6) is 0 Å². The molecule has 1 fully saturated rings. The van der Waals surface area contributed by atoms with Crippen LogP contribution >= 0.6 is 0 Å². The predicted molar refractivity (Wildman–Crippen MR) is 96.4 cm³/mol. The van der Waals surface area contributed by atoms with Gasteiger partial charge in [-0.2, -0.15) is 0 Å². The highest BCUT2D eigenvalue weighted by molar-refractivity contribution is 6.04. The Hall–Kier alpha value is -2.70. The summed E-state index contributed by atoms with van der Waals surface area (Å²) in [6.07, 6.45) is 8.26. The van der Waals surface area contributed by atoms with Crippen molar-refractivity contribution in [3.8, 4) is 0 Å². The molecule has 3 aromatic rings. The number of piperidine rings is 1. The fraction of sp³-hybridized carbons (Fsp3) is 0.444. The summed E-state index contributed by atoms with van der Waals surface area (Å²) in [6, 6.07) is 2.02. The Bertz CT molecular complexity index is 905. The number of aromatic amines is 1. The zero-order valence-corrected chi connectivity index (χ0v) is 14.3. The van der Waals surface area contributed by atoms with Gasteiger partial charge in [-0.1, -0.05) is 6.92 Å². The van der Waals surface area contributed by atoms with E-state index < -0.39 is 0 Å². The van der Waals surface area contributed by atoms with Crippen molar-refractivity contribution in [3.05, 3.63) is 30.5 Å². The van der Waals surface area contributed by atoms with Crippen LogP contribution in [0, 0.1) is 0 Å². The SMILES string of the molecule is CCCNC(=O)N1CCCC(c2[nH]cnc3cnc4nccc4c23)C1. The van der Waals surface area contributed by atoms with Gasteiger partial charge in [0, 0.05) is 48.2 Å². The van der Waals surface area contributed by atoms with Crippen LogP contribution in [-0.2, 0) is 0 Å². The van der Waals surface area contributed by atoms with E-state index in [1.54, 1.807) is 18.7 Å². The first kappa shape index (κ1) is 15.8. The van der Waals surface area contributed by atoms with Crippen molar-refractivity contribution in [1.29, 1.82) is 0 Å². The summed E-state index contributed by atoms with van der Waals surface area (Å²) < 4.78 is 0. The number of hydrogen-bond acceptors (Lipinski definition) is 4. The first-order chi connectivity index (χ1) is 12.3. The molecule has 1 atom stereocenters. The molecule has 2 amide bonds. The molecule has 2 N–H and O–H groups in total. The van der Waals surface area contributed by atoms with Crippen LogP contribution in [0.4, 0.5) is 4.79 Å². The van der Waals surface area contributed by atoms with Crippen molar-refractivity contribution in [3.63, 3.8) is 0 Å². The maximum atomic E-state index is 12.3. The highest BCUT2D eigenvalue weighted by Gasteiger charge is 2.27. The average Bonchev–Trinajstić information content (AvgIpc) is 3.14. The van der Waals surface area contributed by atoms with Gasteiger partial charge in [-0.3, -0.25) is 0 Å². The second-order valence-corrected chi connectivity index (χ2v) is 6.53. The number of likely N-dealkylation sites (tertiary alicyclic amines) is 1. The summed E-state index contributed by atoms with van der Waals surface area (Å²) in [6.45, 7) is 4.30. The monoisotopic (exact) mass is 338 g/mol. The molecule has 0 bridgehead atoms. The standard InChI is InChI=1S/C18H22N6O/c1-2-6-20-18(25)24-8-3-4-12(10-24)16-15-13-5-7-19-17(13)21-9-14(15)22-11-23-16/h5,7,9,11-12H,2-4,6,8,10H2,1H3,(H,20,25)(H,22,23). The van der Waals surface area contributed by atoms with Crippen LogP contribution in [0.15, 0.2) is 24.8 Å². The number of carbonyl (C=O) groups excluding carboxylic acids is 1. The highest BCUT2D eigenvalue weighted by atomic mass is 16.2. The minimum absolute atomic E-state index is 0.0340. The number of amides is 2. The highest BCUT2D eigenvalue weighted by Crippen LogP contribution is 2.33. The van der Waals surface area contributed by atoms with Gasteiger partial charge in [0.15, 0.2) is 5.65 Å². The number of pyridine rings is 1. The summed E-state index contributed by atoms with van der Waals surface area (Å²) >= 11 is 0. The van der Waals surface area contributed by atoms with Crippen LogP contribution in [0.25, 0.3) is 21.9 Å². The molecular weight excluding hydrogens is 316 g/mol. The van der Waals surface area contributed by atoms with E-state index >= 15 is 0 Å². The molecule has 0 aliphatic carbocycles. The molecule has 1 unspecified atom stereocenters. The van der Waals surface area contributed by atoms with Gasteiger partial charge in [-0.25, -0.2) is 19.7 Å². The Morgan fingerprint density at radius 3 is 3.20 bits per heavy atom. The van der Waals surface area contributed by atoms with Gasteiger partial charge in [-0.05, 0) is 25.3 Å². The summed E-state index contributed by atoms with van der Waals surface area (Å²) in [5.41, 5.74) is 2.73. The fourth-order valence-corrected chi connectivity index (χ4v) is 3.64. The van der Waals surface area contributed by atoms with Crippen molar-refractivity contribution in [2.24, 2.45) is 0 Å². The Morgan fingerprint density at radius 2 is 2.32 bits per heavy atom. The molecule has 0 spiro atoms. The molecule has 25 heavy (non-hydrogen) atoms. The maximum Gasteiger partial charge on any atom is 0.317 e. The molecule has 0 saturated carbocycles. The molecule has 1 aliphatic heterocycles. The van der Waals surface area contributed by atoms with E-state index in [0.717, 1.165) is 60.0 Å². The largest absolute Gasteiger partial charge is 0.349 e. The zero-order chi connectivity index (χ0) is 17.2. The Morgan fingerprint density at radius 1 is 1.40 bits per heavy atom. The predicted octanol–water partition coefficient (Wildman–Crippen LogP) is 2.81. The molecule has 1 saturated heterocycles. The molecule has 0 aromatic carbocycles. The number of nitrogens with zero attached hydrogens (tertiary/aromatic N) is 4. The van der Waals surface area contributed by atoms with Gasteiger partial charge in [-0.15, -0.1) is 0 Å². The third-order valence-electron chi connectivity index (χ3n) is 4.85. The third kappa shape index (κ3) is 2.90. The Balaban J connectivity index is 1.69. The molecule has 1 aliphatic rings. The van der Waals surface area contributed by atoms with Crippen LogP contribution in [0.2, 0.25) is 0 Å². The number of hydrogen-bond donors (Lipinski definition) is 2. The molecule has 0 radical (unpaired) electrons. The van der Waals surface area contributed by atoms with E-state index in [1.165, 1.54) is 0 Å². The van der Waals surface area contributed by atoms with E-state index in [0.29, 0.717) is 6.54 Å². The maximum absolute atomic E-state index is 12.3. The van der Waals surface area contributed by atoms with Crippen LogP contribution < -0.4 is 5.32 Å². The topological polar surface area (TPSA) is 86.8 Å². The van der Waals surface area contributed by atoms with E-state index in [2.05, 4.69) is 32.2 Å². The zero-order valence-electron chi connectivity index (χ0n) is 14.3. The number of H-pyrrole nitrogens is 1. The third-order valence-corrected chi connectivity index (χ3v) is 4.85. The van der Waals surface area contributed by atoms with Gasteiger partial charge in [0.1, 0.15) is 0 Å². The summed E-state index contributed by atoms with van der Waals surface area (Å²) in [7, 11) is 0. The van der Waals surface area contributed by atoms with Gasteiger partial charge in [0.2, 0.25) is 0 Å². The lowest BCUT2D eigenvalue weighted by Crippen LogP contribution is -2.45. The van der Waals surface area contributed by atoms with E-state index in [-0.39, 0.29) is 11.9 Å². The molecular formula is C18H22N6O. The normalized spacial score (nSPS) is 18.0. The van der Waals surface area contributed by atoms with Gasteiger partial charge in [0.05, 0.1) is 18.0 Å². The van der Waals surface area contributed by atoms with Crippen molar-refractivity contribution in [2.45, 2.75) is 32.1 Å². The summed E-state index contributed by atoms with van der Waals surface area (Å²) in [4.78, 5) is 30.7. The molecule has 7 nitrogen and oxygen atoms in total. The number of fused-ring (bicyclic) bond motifs is 3. The van der Waals surface area contributed by atoms with Crippen LogP contribution in [-0.4, -0.2) is 50.5 Å². The number of nitrogens with one attached hydrogen (secondary N) is 2. The van der Waals surface area contributed by atoms with E-state index in [4.69, 9.17) is 0 Å². The van der Waals surface area contributed by atoms with Crippen molar-refractivity contribution in [2.75, 3.05) is 19.6 Å². The molecule has 7 heteroatoms. The quantitative estimate of drug-likeness (QED) is 0.769. The van der Waals surface area contributed by atoms with Gasteiger partial charge < -0.3 is 15.2 Å². The lowest BCUT2D eigenvalue weighted by Gasteiger charge is -2.33. The van der Waals surface area contributed by atoms with Gasteiger partial charge in [0.25, 0.3) is 0 Å². The number of carbonyl (C=O) groups is 1. The lowest BCUT2D eigenvalue weighted by atomic mass is 9.92. The average molecular weight is 338 g/mol. The van der Waals surface area contributed by atoms with Gasteiger partial charge >= 0.3 is 6.03 Å². The fourth-order valence-electron chi connectivity index (χ4n) is 3.64. The van der Waals surface area contributed by atoms with Crippen molar-refractivity contribution >= 4 is 28.0 Å². The van der Waals surface area contributed by atoms with Crippen LogP contribution in [0.1, 0.15) is 37.8 Å². The van der Waals surface area contributed by atoms with E-state index in [9.17, 15) is 4.79 Å².